The van der Waals surface area contributed by atoms with E-state index < -0.39 is 0 Å². The van der Waals surface area contributed by atoms with Crippen LogP contribution in [0.3, 0.4) is 0 Å². The van der Waals surface area contributed by atoms with Crippen molar-refractivity contribution in [1.29, 1.82) is 0 Å². The van der Waals surface area contributed by atoms with Gasteiger partial charge in [0.15, 0.2) is 0 Å². The zero-order valence-corrected chi connectivity index (χ0v) is 12.6. The van der Waals surface area contributed by atoms with Crippen molar-refractivity contribution in [1.82, 2.24) is 10.3 Å². The molecule has 2 heterocycles. The van der Waals surface area contributed by atoms with Crippen molar-refractivity contribution in [2.45, 2.75) is 25.3 Å². The topological polar surface area (TPSA) is 28.2 Å². The molecule has 3 rings (SSSR count). The van der Waals surface area contributed by atoms with Gasteiger partial charge >= 0.3 is 0 Å². The molecule has 0 spiro atoms. The third-order valence-corrected chi connectivity index (χ3v) is 4.29. The summed E-state index contributed by atoms with van der Waals surface area (Å²) in [6.45, 7) is 2.16. The quantitative estimate of drug-likeness (QED) is 0.933. The summed E-state index contributed by atoms with van der Waals surface area (Å²) in [7, 11) is 2.06. The molecule has 0 saturated carbocycles. The van der Waals surface area contributed by atoms with Gasteiger partial charge in [-0.3, -0.25) is 4.98 Å². The fourth-order valence-corrected chi connectivity index (χ4v) is 3.16. The third-order valence-electron chi connectivity index (χ3n) is 4.29. The SMILES string of the molecule is CNC1CCCN(CCc2ccccn2)c2ccccc21. The van der Waals surface area contributed by atoms with E-state index >= 15 is 0 Å². The molecule has 3 nitrogen and oxygen atoms in total. The van der Waals surface area contributed by atoms with E-state index in [4.69, 9.17) is 0 Å². The molecule has 1 unspecified atom stereocenters. The molecule has 0 amide bonds. The molecule has 0 saturated heterocycles. The second kappa shape index (κ2) is 6.72. The van der Waals surface area contributed by atoms with Gasteiger partial charge in [-0.25, -0.2) is 0 Å². The van der Waals surface area contributed by atoms with E-state index in [0.29, 0.717) is 6.04 Å². The molecule has 1 aliphatic rings. The molecule has 2 aromatic rings. The van der Waals surface area contributed by atoms with Gasteiger partial charge in [0.2, 0.25) is 0 Å². The first-order chi connectivity index (χ1) is 10.4. The first kappa shape index (κ1) is 14.1. The maximum absolute atomic E-state index is 4.43. The van der Waals surface area contributed by atoms with Crippen molar-refractivity contribution in [3.63, 3.8) is 0 Å². The Kier molecular flexibility index (Phi) is 4.51. The number of aromatic nitrogens is 1. The monoisotopic (exact) mass is 281 g/mol. The molecule has 1 aromatic heterocycles. The van der Waals surface area contributed by atoms with Crippen molar-refractivity contribution < 1.29 is 0 Å². The van der Waals surface area contributed by atoms with Gasteiger partial charge in [-0.1, -0.05) is 24.3 Å². The molecular weight excluding hydrogens is 258 g/mol. The fraction of sp³-hybridized carbons (Fsp3) is 0.389. The van der Waals surface area contributed by atoms with E-state index in [9.17, 15) is 0 Å². The van der Waals surface area contributed by atoms with Crippen LogP contribution in [-0.2, 0) is 6.42 Å². The average molecular weight is 281 g/mol. The summed E-state index contributed by atoms with van der Waals surface area (Å²) in [4.78, 5) is 6.95. The van der Waals surface area contributed by atoms with Gasteiger partial charge < -0.3 is 10.2 Å². The first-order valence-corrected chi connectivity index (χ1v) is 7.79. The standard InChI is InChI=1S/C18H23N3/c1-19-17-9-6-13-21(18-10-3-2-8-16(17)18)14-11-15-7-4-5-12-20-15/h2-5,7-8,10,12,17,19H,6,9,11,13-14H2,1H3. The van der Waals surface area contributed by atoms with Crippen LogP contribution in [0.5, 0.6) is 0 Å². The minimum absolute atomic E-state index is 0.473. The van der Waals surface area contributed by atoms with Crippen LogP contribution in [0.2, 0.25) is 0 Å². The average Bonchev–Trinajstić information content (AvgIpc) is 2.73. The van der Waals surface area contributed by atoms with Crippen LogP contribution in [0, 0.1) is 0 Å². The van der Waals surface area contributed by atoms with Crippen molar-refractivity contribution >= 4 is 5.69 Å². The Hall–Kier alpha value is -1.87. The van der Waals surface area contributed by atoms with Gasteiger partial charge in [0.05, 0.1) is 0 Å². The third kappa shape index (κ3) is 3.24. The number of nitrogens with one attached hydrogen (secondary N) is 1. The number of hydrogen-bond acceptors (Lipinski definition) is 3. The Morgan fingerprint density at radius 3 is 2.86 bits per heavy atom. The number of hydrogen-bond donors (Lipinski definition) is 1. The van der Waals surface area contributed by atoms with Crippen molar-refractivity contribution in [3.8, 4) is 0 Å². The van der Waals surface area contributed by atoms with Crippen LogP contribution in [0.15, 0.2) is 48.7 Å². The minimum Gasteiger partial charge on any atom is -0.371 e. The summed E-state index contributed by atoms with van der Waals surface area (Å²) in [5.41, 5.74) is 3.98. The zero-order valence-electron chi connectivity index (χ0n) is 12.6. The minimum atomic E-state index is 0.473. The van der Waals surface area contributed by atoms with Crippen LogP contribution >= 0.6 is 0 Å². The Bertz CT molecular complexity index is 568. The molecule has 0 radical (unpaired) electrons. The van der Waals surface area contributed by atoms with E-state index in [2.05, 4.69) is 58.6 Å². The smallest absolute Gasteiger partial charge is 0.0421 e. The van der Waals surface area contributed by atoms with Crippen LogP contribution in [0.1, 0.15) is 30.1 Å². The largest absolute Gasteiger partial charge is 0.371 e. The number of pyridine rings is 1. The Balaban J connectivity index is 1.78. The summed E-state index contributed by atoms with van der Waals surface area (Å²) in [5.74, 6) is 0. The number of anilines is 1. The zero-order chi connectivity index (χ0) is 14.5. The number of rotatable bonds is 4. The fourth-order valence-electron chi connectivity index (χ4n) is 3.16. The molecule has 0 aliphatic carbocycles. The lowest BCUT2D eigenvalue weighted by molar-refractivity contribution is 0.541. The van der Waals surface area contributed by atoms with Crippen LogP contribution in [0.4, 0.5) is 5.69 Å². The van der Waals surface area contributed by atoms with E-state index in [0.717, 1.165) is 19.5 Å². The predicted octanol–water partition coefficient (Wildman–Crippen LogP) is 3.19. The van der Waals surface area contributed by atoms with Gasteiger partial charge in [0.1, 0.15) is 0 Å². The highest BCUT2D eigenvalue weighted by Gasteiger charge is 2.21. The van der Waals surface area contributed by atoms with Crippen LogP contribution in [0.25, 0.3) is 0 Å². The van der Waals surface area contributed by atoms with E-state index in [1.165, 1.54) is 29.8 Å². The second-order valence-electron chi connectivity index (χ2n) is 5.60. The van der Waals surface area contributed by atoms with Gasteiger partial charge in [-0.05, 0) is 43.7 Å². The number of nitrogens with zero attached hydrogens (tertiary/aromatic N) is 2. The Morgan fingerprint density at radius 1 is 1.19 bits per heavy atom. The molecule has 3 heteroatoms. The van der Waals surface area contributed by atoms with Gasteiger partial charge in [0, 0.05) is 43.1 Å². The summed E-state index contributed by atoms with van der Waals surface area (Å²) in [6, 6.07) is 15.4. The molecule has 0 bridgehead atoms. The van der Waals surface area contributed by atoms with E-state index in [1.54, 1.807) is 0 Å². The molecule has 1 aliphatic heterocycles. The summed E-state index contributed by atoms with van der Waals surface area (Å²) >= 11 is 0. The van der Waals surface area contributed by atoms with Crippen LogP contribution in [-0.4, -0.2) is 25.1 Å². The van der Waals surface area contributed by atoms with Crippen molar-refractivity contribution in [2.75, 3.05) is 25.0 Å². The van der Waals surface area contributed by atoms with Gasteiger partial charge in [0.25, 0.3) is 0 Å². The lowest BCUT2D eigenvalue weighted by atomic mass is 10.0. The molecule has 21 heavy (non-hydrogen) atoms. The number of benzene rings is 1. The molecule has 0 fully saturated rings. The normalized spacial score (nSPS) is 18.1. The summed E-state index contributed by atoms with van der Waals surface area (Å²) in [6.07, 6.45) is 5.30. The van der Waals surface area contributed by atoms with Gasteiger partial charge in [-0.2, -0.15) is 0 Å². The van der Waals surface area contributed by atoms with Crippen molar-refractivity contribution in [2.24, 2.45) is 0 Å². The Labute approximate surface area is 127 Å². The molecule has 110 valence electrons. The molecule has 1 N–H and O–H groups in total. The highest BCUT2D eigenvalue weighted by molar-refractivity contribution is 5.56. The highest BCUT2D eigenvalue weighted by Crippen LogP contribution is 2.32. The van der Waals surface area contributed by atoms with Crippen LogP contribution < -0.4 is 10.2 Å². The maximum Gasteiger partial charge on any atom is 0.0421 e. The van der Waals surface area contributed by atoms with E-state index in [-0.39, 0.29) is 0 Å². The van der Waals surface area contributed by atoms with Gasteiger partial charge in [-0.15, -0.1) is 0 Å². The summed E-state index contributed by atoms with van der Waals surface area (Å²) < 4.78 is 0. The first-order valence-electron chi connectivity index (χ1n) is 7.79. The molecule has 1 aromatic carbocycles. The predicted molar refractivity (Wildman–Crippen MR) is 87.6 cm³/mol. The van der Waals surface area contributed by atoms with Crippen molar-refractivity contribution in [3.05, 3.63) is 59.9 Å². The second-order valence-corrected chi connectivity index (χ2v) is 5.60. The lowest BCUT2D eigenvalue weighted by Gasteiger charge is -2.25. The summed E-state index contributed by atoms with van der Waals surface area (Å²) in [5, 5.41) is 3.46. The number of fused-ring (bicyclic) bond motifs is 1. The highest BCUT2D eigenvalue weighted by atomic mass is 15.1. The molecular formula is C18H23N3. The maximum atomic E-state index is 4.43. The Morgan fingerprint density at radius 2 is 2.05 bits per heavy atom. The lowest BCUT2D eigenvalue weighted by Crippen LogP contribution is -2.27. The molecule has 1 atom stereocenters. The number of para-hydroxylation sites is 1. The van der Waals surface area contributed by atoms with E-state index in [1.807, 2.05) is 12.3 Å².